The highest BCUT2D eigenvalue weighted by atomic mass is 32.1. The summed E-state index contributed by atoms with van der Waals surface area (Å²) in [7, 11) is 0. The Balaban J connectivity index is 1.70. The molecule has 1 aliphatic heterocycles. The number of aromatic nitrogens is 3. The first-order valence-electron chi connectivity index (χ1n) is 12.4. The first-order valence-corrected chi connectivity index (χ1v) is 13.2. The predicted octanol–water partition coefficient (Wildman–Crippen LogP) is 3.55. The SMILES string of the molecule is CCNC(=O)Nc1cc(-c2nc(C(F)(F)F)cs2)c(-c2ccc3c(c2)c(=O)c(C(=O)O)cn3[C@H]2CNC[C@@H]2O)cn1. The van der Waals surface area contributed by atoms with Crippen LogP contribution in [0.5, 0.6) is 0 Å². The summed E-state index contributed by atoms with van der Waals surface area (Å²) in [5, 5.41) is 29.1. The van der Waals surface area contributed by atoms with Crippen LogP contribution in [0, 0.1) is 0 Å². The number of amides is 2. The number of urea groups is 1. The third kappa shape index (κ3) is 5.51. The van der Waals surface area contributed by atoms with Gasteiger partial charge in [0, 0.05) is 53.9 Å². The standard InChI is InChI=1S/C26H23F3N6O5S/c1-2-31-25(40)34-21-6-13(23-33-20(11-41-23)26(27,28)29)15(7-32-21)12-3-4-17-14(5-12)22(37)16(24(38)39)10-35(17)18-8-30-9-19(18)36/h3-7,10-11,18-19,30,36H,2,8-9H2,1H3,(H,38,39)(H2,31,32,34,40)/t18-,19-/m0/s1. The van der Waals surface area contributed by atoms with Crippen molar-refractivity contribution in [3.63, 3.8) is 0 Å². The number of hydrogen-bond acceptors (Lipinski definition) is 8. The second-order valence-corrected chi connectivity index (χ2v) is 10.1. The van der Waals surface area contributed by atoms with E-state index in [1.165, 1.54) is 24.5 Å². The van der Waals surface area contributed by atoms with E-state index in [0.29, 0.717) is 29.7 Å². The van der Waals surface area contributed by atoms with Gasteiger partial charge < -0.3 is 25.4 Å². The van der Waals surface area contributed by atoms with E-state index in [9.17, 15) is 37.8 Å². The molecule has 0 unspecified atom stereocenters. The Morgan fingerprint density at radius 2 is 2.00 bits per heavy atom. The van der Waals surface area contributed by atoms with Gasteiger partial charge in [0.15, 0.2) is 5.69 Å². The first kappa shape index (κ1) is 28.2. The molecule has 0 radical (unpaired) electrons. The molecule has 4 aromatic rings. The highest BCUT2D eigenvalue weighted by molar-refractivity contribution is 7.13. The lowest BCUT2D eigenvalue weighted by atomic mass is 9.99. The van der Waals surface area contributed by atoms with Gasteiger partial charge in [0.2, 0.25) is 5.43 Å². The number of nitrogens with one attached hydrogen (secondary N) is 3. The Bertz CT molecular complexity index is 1720. The summed E-state index contributed by atoms with van der Waals surface area (Å²) in [6.45, 7) is 2.68. The average molecular weight is 589 g/mol. The second kappa shape index (κ2) is 10.9. The molecule has 15 heteroatoms. The summed E-state index contributed by atoms with van der Waals surface area (Å²) in [6, 6.07) is 4.91. The van der Waals surface area contributed by atoms with Crippen molar-refractivity contribution in [2.75, 3.05) is 25.0 Å². The van der Waals surface area contributed by atoms with Gasteiger partial charge in [0.25, 0.3) is 0 Å². The molecule has 1 fully saturated rings. The maximum absolute atomic E-state index is 13.4. The summed E-state index contributed by atoms with van der Waals surface area (Å²) in [4.78, 5) is 45.2. The van der Waals surface area contributed by atoms with E-state index in [2.05, 4.69) is 25.9 Å². The van der Waals surface area contributed by atoms with Gasteiger partial charge in [-0.05, 0) is 30.7 Å². The molecular weight excluding hydrogens is 565 g/mol. The second-order valence-electron chi connectivity index (χ2n) is 9.24. The number of carbonyl (C=O) groups excluding carboxylic acids is 1. The van der Waals surface area contributed by atoms with Crippen molar-refractivity contribution in [2.24, 2.45) is 0 Å². The zero-order valence-corrected chi connectivity index (χ0v) is 22.1. The maximum Gasteiger partial charge on any atom is 0.434 e. The number of benzene rings is 1. The van der Waals surface area contributed by atoms with Gasteiger partial charge in [-0.25, -0.2) is 19.6 Å². The number of anilines is 1. The minimum Gasteiger partial charge on any atom is -0.477 e. The lowest BCUT2D eigenvalue weighted by Crippen LogP contribution is -2.28. The Morgan fingerprint density at radius 1 is 1.22 bits per heavy atom. The van der Waals surface area contributed by atoms with Gasteiger partial charge in [0.05, 0.1) is 17.7 Å². The average Bonchev–Trinajstić information content (AvgIpc) is 3.58. The number of fused-ring (bicyclic) bond motifs is 1. The zero-order valence-electron chi connectivity index (χ0n) is 21.3. The van der Waals surface area contributed by atoms with E-state index in [1.54, 1.807) is 23.6 Å². The summed E-state index contributed by atoms with van der Waals surface area (Å²) >= 11 is 0.743. The molecule has 1 saturated heterocycles. The molecule has 41 heavy (non-hydrogen) atoms. The molecule has 0 bridgehead atoms. The maximum atomic E-state index is 13.4. The van der Waals surface area contributed by atoms with Crippen molar-refractivity contribution in [3.8, 4) is 21.7 Å². The zero-order chi connectivity index (χ0) is 29.5. The summed E-state index contributed by atoms with van der Waals surface area (Å²) < 4.78 is 41.6. The number of carboxylic acid groups (broad SMARTS) is 1. The van der Waals surface area contributed by atoms with Crippen LogP contribution in [0.2, 0.25) is 0 Å². The highest BCUT2D eigenvalue weighted by Crippen LogP contribution is 2.39. The van der Waals surface area contributed by atoms with Crippen LogP contribution in [-0.2, 0) is 6.18 Å². The van der Waals surface area contributed by atoms with E-state index in [1.807, 2.05) is 0 Å². The number of aromatic carboxylic acids is 1. The Kier molecular flexibility index (Phi) is 7.50. The van der Waals surface area contributed by atoms with Crippen molar-refractivity contribution in [1.29, 1.82) is 0 Å². The van der Waals surface area contributed by atoms with Crippen LogP contribution >= 0.6 is 11.3 Å². The van der Waals surface area contributed by atoms with Gasteiger partial charge >= 0.3 is 18.2 Å². The van der Waals surface area contributed by atoms with Crippen molar-refractivity contribution in [2.45, 2.75) is 25.2 Å². The lowest BCUT2D eigenvalue weighted by Gasteiger charge is -2.21. The van der Waals surface area contributed by atoms with Crippen LogP contribution in [0.4, 0.5) is 23.8 Å². The summed E-state index contributed by atoms with van der Waals surface area (Å²) in [5.74, 6) is -1.39. The summed E-state index contributed by atoms with van der Waals surface area (Å²) in [5.41, 5.74) is -1.12. The molecule has 4 heterocycles. The number of hydrogen-bond donors (Lipinski definition) is 5. The quantitative estimate of drug-likeness (QED) is 0.229. The van der Waals surface area contributed by atoms with Crippen molar-refractivity contribution >= 4 is 40.1 Å². The molecule has 1 aromatic carbocycles. The van der Waals surface area contributed by atoms with Crippen LogP contribution in [0.3, 0.4) is 0 Å². The van der Waals surface area contributed by atoms with Gasteiger partial charge in [0.1, 0.15) is 16.4 Å². The van der Waals surface area contributed by atoms with Crippen molar-refractivity contribution in [3.05, 3.63) is 63.5 Å². The molecule has 5 N–H and O–H groups in total. The number of nitrogens with zero attached hydrogens (tertiary/aromatic N) is 3. The number of alkyl halides is 3. The largest absolute Gasteiger partial charge is 0.477 e. The molecule has 3 aromatic heterocycles. The summed E-state index contributed by atoms with van der Waals surface area (Å²) in [6.07, 6.45) is -2.96. The molecule has 0 saturated carbocycles. The number of pyridine rings is 2. The fraction of sp³-hybridized carbons (Fsp3) is 0.269. The number of β-amino-alcohol motifs (C(OH)–C–C–N with tert-alkyl or cyclic N) is 1. The number of carbonyl (C=O) groups is 2. The Morgan fingerprint density at radius 3 is 2.63 bits per heavy atom. The van der Waals surface area contributed by atoms with E-state index in [-0.39, 0.29) is 28.3 Å². The molecule has 2 amide bonds. The highest BCUT2D eigenvalue weighted by Gasteiger charge is 2.34. The smallest absolute Gasteiger partial charge is 0.434 e. The van der Waals surface area contributed by atoms with E-state index in [0.717, 1.165) is 16.7 Å². The fourth-order valence-electron chi connectivity index (χ4n) is 4.66. The van der Waals surface area contributed by atoms with E-state index >= 15 is 0 Å². The lowest BCUT2D eigenvalue weighted by molar-refractivity contribution is -0.140. The van der Waals surface area contributed by atoms with Crippen LogP contribution in [0.1, 0.15) is 29.0 Å². The number of carboxylic acids is 1. The van der Waals surface area contributed by atoms with Gasteiger partial charge in [-0.3, -0.25) is 10.1 Å². The number of rotatable bonds is 6. The molecular formula is C26H23F3N6O5S. The third-order valence-corrected chi connectivity index (χ3v) is 7.47. The fourth-order valence-corrected chi connectivity index (χ4v) is 5.52. The normalized spacial score (nSPS) is 17.1. The molecule has 214 valence electrons. The Labute approximate surface area is 233 Å². The van der Waals surface area contributed by atoms with Gasteiger partial charge in [-0.1, -0.05) is 6.07 Å². The van der Waals surface area contributed by atoms with Crippen LogP contribution in [0.15, 0.2) is 46.8 Å². The van der Waals surface area contributed by atoms with Crippen LogP contribution in [-0.4, -0.2) is 62.5 Å². The van der Waals surface area contributed by atoms with Crippen molar-refractivity contribution in [1.82, 2.24) is 25.2 Å². The predicted molar refractivity (Wildman–Crippen MR) is 145 cm³/mol. The first-order chi connectivity index (χ1) is 19.5. The van der Waals surface area contributed by atoms with E-state index < -0.39 is 47.0 Å². The minimum absolute atomic E-state index is 0.00868. The number of aliphatic hydroxyl groups excluding tert-OH is 1. The molecule has 11 nitrogen and oxygen atoms in total. The molecule has 0 aliphatic carbocycles. The monoisotopic (exact) mass is 588 g/mol. The Hall–Kier alpha value is -4.34. The molecule has 1 aliphatic rings. The van der Waals surface area contributed by atoms with Crippen LogP contribution in [0.25, 0.3) is 32.6 Å². The minimum atomic E-state index is -4.68. The third-order valence-electron chi connectivity index (χ3n) is 6.59. The van der Waals surface area contributed by atoms with Gasteiger partial charge in [-0.15, -0.1) is 11.3 Å². The van der Waals surface area contributed by atoms with Gasteiger partial charge in [-0.2, -0.15) is 13.2 Å². The number of aliphatic hydroxyl groups is 1. The number of halogens is 3. The molecule has 2 atom stereocenters. The topological polar surface area (TPSA) is 158 Å². The van der Waals surface area contributed by atoms with Crippen LogP contribution < -0.4 is 21.4 Å². The van der Waals surface area contributed by atoms with Crippen molar-refractivity contribution < 1.29 is 33.0 Å². The molecule has 5 rings (SSSR count). The molecule has 0 spiro atoms. The number of thiazole rings is 1. The van der Waals surface area contributed by atoms with E-state index in [4.69, 9.17) is 0 Å².